The van der Waals surface area contributed by atoms with Crippen molar-refractivity contribution in [1.82, 2.24) is 0 Å². The molecule has 0 atom stereocenters. The molecular formula is C72H222. The Morgan fingerprint density at radius 3 is 0.0417 bits per heavy atom. The molecule has 0 amide bonds. The monoisotopic (exact) mass is 1090 g/mol. The highest BCUT2D eigenvalue weighted by molar-refractivity contribution is 3.57. The highest BCUT2D eigenvalue weighted by atomic mass is 13.1. The summed E-state index contributed by atoms with van der Waals surface area (Å²) < 4.78 is 0. The van der Waals surface area contributed by atoms with Gasteiger partial charge in [-0.05, 0) is 0 Å². The fourth-order valence-corrected chi connectivity index (χ4v) is 0. The fourth-order valence-electron chi connectivity index (χ4n) is 0. The highest BCUT2D eigenvalue weighted by Gasteiger charge is 0.996. The van der Waals surface area contributed by atoms with Gasteiger partial charge < -0.3 is 0 Å². The molecule has 0 heteroatoms. The lowest BCUT2D eigenvalue weighted by atomic mass is 11.0. The van der Waals surface area contributed by atoms with E-state index in [4.69, 9.17) is 0 Å². The van der Waals surface area contributed by atoms with Gasteiger partial charge in [0.05, 0.1) is 0 Å². The van der Waals surface area contributed by atoms with Crippen LogP contribution in [0.15, 0.2) is 0 Å². The first-order valence-corrected chi connectivity index (χ1v) is 33.0. The molecule has 0 saturated carbocycles. The highest BCUT2D eigenvalue weighted by Crippen LogP contribution is 1.21. The lowest BCUT2D eigenvalue weighted by molar-refractivity contribution is 1.50. The summed E-state index contributed by atoms with van der Waals surface area (Å²) in [4.78, 5) is 0. The van der Waals surface area contributed by atoms with E-state index < -0.39 is 0 Å². The Balaban J connectivity index is -0.00000000420. The third-order valence-corrected chi connectivity index (χ3v) is 0. The molecule has 0 saturated heterocycles. The van der Waals surface area contributed by atoms with Crippen molar-refractivity contribution >= 4 is 0 Å². The second kappa shape index (κ2) is 0. The Morgan fingerprint density at radius 1 is 0.0417 bits per heavy atom. The first-order chi connectivity index (χ1) is 33.0. The molecule has 0 aromatic rings. The minimum Gasteiger partial charge on any atom is -0.0776 e. The first kappa shape index (κ1) is 333. The predicted molar refractivity (Wildman–Crippen MR) is 415 cm³/mol. The van der Waals surface area contributed by atoms with Crippen molar-refractivity contribution in [3.63, 3.8) is 0 Å². The van der Waals surface area contributed by atoms with Crippen LogP contribution in [-0.2, 0) is 0 Å². The zero-order valence-electron chi connectivity index (χ0n) is 66.0. The normalized spacial score (nSPS) is 2.75. The van der Waals surface area contributed by atoms with Gasteiger partial charge in [-0.15, -0.1) is 0 Å². The molecule has 0 unspecified atom stereocenters. The summed E-state index contributed by atoms with van der Waals surface area (Å²) in [5.41, 5.74) is 0. The first-order valence-electron chi connectivity index (χ1n) is 33.0. The molecule has 0 rings (SSSR count). The van der Waals surface area contributed by atoms with Gasteiger partial charge >= 0.3 is 0 Å². The van der Waals surface area contributed by atoms with Crippen molar-refractivity contribution in [3.05, 3.63) is 0 Å². The van der Waals surface area contributed by atoms with E-state index in [0.717, 1.165) is 0 Å². The third-order valence-electron chi connectivity index (χ3n) is 0. The van der Waals surface area contributed by atoms with Gasteiger partial charge in [0, 0.05) is 0 Å². The Labute approximate surface area is 499 Å². The maximum Gasteiger partial charge on any atom is -0.0683 e. The fraction of sp³-hybridized carbons (Fsp3) is 1.00. The lowest BCUT2D eigenvalue weighted by Crippen LogP contribution is -0.856. The van der Waals surface area contributed by atoms with Crippen LogP contribution in [0.5, 0.6) is 0 Å². The SMILES string of the molecule is C.C.C.C.C.C.CC.CC.CC.CC.CC.CC.CC.CC.CC.CC.CC.CC.CC.CC.CC.CC.CC.CC.CC.CC.CC.CC.CC.CC.CC.CC.CC.CC.CC.CC.CC.CC.CC. The van der Waals surface area contributed by atoms with Gasteiger partial charge in [0.15, 0.2) is 0 Å². The quantitative estimate of drug-likeness (QED) is 0.227. The van der Waals surface area contributed by atoms with Crippen LogP contribution in [0.2, 0.25) is 0 Å². The smallest absolute Gasteiger partial charge is 0.0683 e. The van der Waals surface area contributed by atoms with E-state index in [1.54, 1.807) is 0 Å². The zero-order valence-corrected chi connectivity index (χ0v) is 66.0. The van der Waals surface area contributed by atoms with E-state index in [1.807, 2.05) is 457 Å². The van der Waals surface area contributed by atoms with Crippen molar-refractivity contribution in [2.45, 2.75) is 502 Å². The second-order valence-electron chi connectivity index (χ2n) is 0. The molecule has 510 valence electrons. The van der Waals surface area contributed by atoms with Crippen LogP contribution < -0.4 is 0 Å². The third kappa shape index (κ3) is 0. The molecule has 0 aliphatic heterocycles. The Bertz CT molecular complexity index is 0. The molecule has 0 aliphatic carbocycles. The van der Waals surface area contributed by atoms with Crippen LogP contribution in [-0.4, -0.2) is 0 Å². The van der Waals surface area contributed by atoms with E-state index in [1.165, 1.54) is 0 Å². The van der Waals surface area contributed by atoms with Gasteiger partial charge in [-0.1, -0.05) is 502 Å². The molecule has 72 heavy (non-hydrogen) atoms. The summed E-state index contributed by atoms with van der Waals surface area (Å²) in [6, 6.07) is 0. The van der Waals surface area contributed by atoms with Gasteiger partial charge in [-0.2, -0.15) is 0 Å². The average molecular weight is 1090 g/mol. The van der Waals surface area contributed by atoms with Crippen molar-refractivity contribution in [2.75, 3.05) is 0 Å². The molecule has 0 aliphatic rings. The molecule has 0 bridgehead atoms. The average Bonchev–Trinajstić information content (AvgIpc) is 3.57. The molecule has 0 nitrogen and oxygen atoms in total. The maximum atomic E-state index is 2.00. The van der Waals surface area contributed by atoms with Crippen molar-refractivity contribution in [3.8, 4) is 0 Å². The minimum atomic E-state index is 0. The molecular weight excluding hydrogens is 865 g/mol. The second-order valence-corrected chi connectivity index (χ2v) is 0. The van der Waals surface area contributed by atoms with E-state index >= 15 is 0 Å². The maximum absolute atomic E-state index is 2.00. The van der Waals surface area contributed by atoms with Crippen LogP contribution >= 0.6 is 0 Å². The van der Waals surface area contributed by atoms with E-state index in [-0.39, 0.29) is 44.6 Å². The standard InChI is InChI=1S/33C2H6.6CH4/c33*1-2;;;;;;/h33*1-2H3;6*1H4. The van der Waals surface area contributed by atoms with Crippen LogP contribution in [0.3, 0.4) is 0 Å². The van der Waals surface area contributed by atoms with E-state index in [9.17, 15) is 0 Å². The van der Waals surface area contributed by atoms with Gasteiger partial charge in [0.25, 0.3) is 0 Å². The molecule has 0 fully saturated rings. The Morgan fingerprint density at radius 2 is 0.0417 bits per heavy atom. The van der Waals surface area contributed by atoms with Crippen LogP contribution in [0.1, 0.15) is 502 Å². The number of hydrogen-bond acceptors (Lipinski definition) is 0. The minimum absolute atomic E-state index is 0. The summed E-state index contributed by atoms with van der Waals surface area (Å²) in [6.07, 6.45) is 0. The molecule has 0 radical (unpaired) electrons. The van der Waals surface area contributed by atoms with Crippen LogP contribution in [0.25, 0.3) is 0 Å². The summed E-state index contributed by atoms with van der Waals surface area (Å²) in [6.45, 7) is 132. The van der Waals surface area contributed by atoms with Crippen molar-refractivity contribution in [1.29, 1.82) is 0 Å². The molecule has 0 spiro atoms. The molecule has 0 aromatic carbocycles. The number of hydrogen-bond donors (Lipinski definition) is 0. The van der Waals surface area contributed by atoms with Crippen molar-refractivity contribution < 1.29 is 0 Å². The molecule has 0 heterocycles. The molecule has 0 N–H and O–H groups in total. The van der Waals surface area contributed by atoms with E-state index in [2.05, 4.69) is 0 Å². The zero-order chi connectivity index (χ0) is 66.0. The number of rotatable bonds is 0. The van der Waals surface area contributed by atoms with E-state index in [0.29, 0.717) is 0 Å². The van der Waals surface area contributed by atoms with Crippen LogP contribution in [0, 0.1) is 0 Å². The van der Waals surface area contributed by atoms with Gasteiger partial charge in [0.2, 0.25) is 0 Å². The Hall–Kier alpha value is 0. The van der Waals surface area contributed by atoms with Gasteiger partial charge in [-0.3, -0.25) is 0 Å². The summed E-state index contributed by atoms with van der Waals surface area (Å²) in [5, 5.41) is 0. The predicted octanol–water partition coefficient (Wildman–Crippen LogP) is 37.7. The topological polar surface area (TPSA) is 0 Å². The van der Waals surface area contributed by atoms with Crippen LogP contribution in [0.4, 0.5) is 0 Å². The molecule has 0 aromatic heterocycles. The Kier molecular flexibility index (Phi) is 0. The van der Waals surface area contributed by atoms with Crippen molar-refractivity contribution in [2.24, 2.45) is 0 Å². The van der Waals surface area contributed by atoms with Gasteiger partial charge in [-0.25, -0.2) is 0 Å². The largest absolute Gasteiger partial charge is 0.0776 e. The summed E-state index contributed by atoms with van der Waals surface area (Å²) >= 11 is 0. The van der Waals surface area contributed by atoms with Gasteiger partial charge in [0.1, 0.15) is 0 Å². The lowest BCUT2D eigenvalue weighted by Gasteiger charge is -1.07. The summed E-state index contributed by atoms with van der Waals surface area (Å²) in [7, 11) is 0. The summed E-state index contributed by atoms with van der Waals surface area (Å²) in [5.74, 6) is 0.